The summed E-state index contributed by atoms with van der Waals surface area (Å²) in [6.45, 7) is 3.28. The van der Waals surface area contributed by atoms with Crippen molar-refractivity contribution in [3.05, 3.63) is 42.0 Å². The first-order chi connectivity index (χ1) is 11.6. The lowest BCUT2D eigenvalue weighted by Gasteiger charge is -2.16. The molecule has 1 aromatic carbocycles. The topological polar surface area (TPSA) is 71.7 Å². The van der Waals surface area contributed by atoms with Crippen LogP contribution in [0.25, 0.3) is 11.5 Å². The van der Waals surface area contributed by atoms with E-state index in [1.165, 1.54) is 12.1 Å². The van der Waals surface area contributed by atoms with Gasteiger partial charge in [0.2, 0.25) is 5.89 Å². The van der Waals surface area contributed by atoms with Gasteiger partial charge in [-0.15, -0.1) is 24.0 Å². The van der Waals surface area contributed by atoms with Crippen LogP contribution in [0.5, 0.6) is 0 Å². The van der Waals surface area contributed by atoms with Gasteiger partial charge in [-0.2, -0.15) is 0 Å². The SMILES string of the molecule is CN=C(NCCc1coc(-c2ccc(F)cc2)n1)NC(C)COC.I. The zero-order chi connectivity index (χ0) is 17.4. The fraction of sp³-hybridized carbons (Fsp3) is 0.412. The Hall–Kier alpha value is -1.68. The Balaban J connectivity index is 0.00000312. The Morgan fingerprint density at radius 1 is 1.36 bits per heavy atom. The van der Waals surface area contributed by atoms with Gasteiger partial charge in [0, 0.05) is 38.7 Å². The van der Waals surface area contributed by atoms with E-state index in [1.54, 1.807) is 32.6 Å². The summed E-state index contributed by atoms with van der Waals surface area (Å²) in [6.07, 6.45) is 2.30. The Morgan fingerprint density at radius 2 is 2.08 bits per heavy atom. The molecule has 0 saturated heterocycles. The molecule has 2 N–H and O–H groups in total. The zero-order valence-electron chi connectivity index (χ0n) is 14.6. The number of aliphatic imine (C=N–C) groups is 1. The van der Waals surface area contributed by atoms with Crippen molar-refractivity contribution in [2.24, 2.45) is 4.99 Å². The lowest BCUT2D eigenvalue weighted by atomic mass is 10.2. The van der Waals surface area contributed by atoms with Gasteiger partial charge in [-0.25, -0.2) is 9.37 Å². The van der Waals surface area contributed by atoms with Gasteiger partial charge in [0.05, 0.1) is 12.3 Å². The molecule has 0 radical (unpaired) electrons. The molecule has 2 aromatic rings. The average Bonchev–Trinajstić information content (AvgIpc) is 3.03. The molecule has 2 rings (SSSR count). The summed E-state index contributed by atoms with van der Waals surface area (Å²) in [5.74, 6) is 0.916. The van der Waals surface area contributed by atoms with Crippen LogP contribution < -0.4 is 10.6 Å². The molecule has 0 spiro atoms. The fourth-order valence-electron chi connectivity index (χ4n) is 2.18. The quantitative estimate of drug-likeness (QED) is 0.376. The summed E-state index contributed by atoms with van der Waals surface area (Å²) in [4.78, 5) is 8.58. The minimum Gasteiger partial charge on any atom is -0.444 e. The minimum atomic E-state index is -0.281. The smallest absolute Gasteiger partial charge is 0.226 e. The molecule has 1 atom stereocenters. The van der Waals surface area contributed by atoms with Crippen molar-refractivity contribution in [3.8, 4) is 11.5 Å². The van der Waals surface area contributed by atoms with Crippen molar-refractivity contribution >= 4 is 29.9 Å². The maximum atomic E-state index is 12.9. The number of oxazole rings is 1. The van der Waals surface area contributed by atoms with Crippen molar-refractivity contribution in [1.29, 1.82) is 0 Å². The summed E-state index contributed by atoms with van der Waals surface area (Å²) in [5, 5.41) is 6.44. The van der Waals surface area contributed by atoms with E-state index in [1.807, 2.05) is 6.92 Å². The molecule has 0 bridgehead atoms. The van der Waals surface area contributed by atoms with Gasteiger partial charge in [-0.3, -0.25) is 4.99 Å². The number of aromatic nitrogens is 1. The Labute approximate surface area is 164 Å². The normalized spacial score (nSPS) is 12.4. The van der Waals surface area contributed by atoms with Gasteiger partial charge in [-0.05, 0) is 31.2 Å². The van der Waals surface area contributed by atoms with Gasteiger partial charge < -0.3 is 19.8 Å². The number of benzene rings is 1. The van der Waals surface area contributed by atoms with Crippen molar-refractivity contribution in [3.63, 3.8) is 0 Å². The van der Waals surface area contributed by atoms with Crippen molar-refractivity contribution in [2.45, 2.75) is 19.4 Å². The number of halogens is 2. The van der Waals surface area contributed by atoms with Gasteiger partial charge in [0.15, 0.2) is 5.96 Å². The van der Waals surface area contributed by atoms with E-state index in [2.05, 4.69) is 20.6 Å². The molecule has 1 unspecified atom stereocenters. The number of guanidine groups is 1. The van der Waals surface area contributed by atoms with E-state index in [9.17, 15) is 4.39 Å². The Morgan fingerprint density at radius 3 is 2.72 bits per heavy atom. The maximum Gasteiger partial charge on any atom is 0.226 e. The van der Waals surface area contributed by atoms with Gasteiger partial charge >= 0.3 is 0 Å². The van der Waals surface area contributed by atoms with E-state index >= 15 is 0 Å². The van der Waals surface area contributed by atoms with Crippen LogP contribution in [0.4, 0.5) is 4.39 Å². The molecule has 138 valence electrons. The van der Waals surface area contributed by atoms with Crippen LogP contribution in [0.15, 0.2) is 39.9 Å². The molecule has 0 aliphatic carbocycles. The first-order valence-corrected chi connectivity index (χ1v) is 7.79. The minimum absolute atomic E-state index is 0. The Kier molecular flexibility index (Phi) is 9.43. The summed E-state index contributed by atoms with van der Waals surface area (Å²) >= 11 is 0. The molecule has 6 nitrogen and oxygen atoms in total. The zero-order valence-corrected chi connectivity index (χ0v) is 16.9. The van der Waals surface area contributed by atoms with Gasteiger partial charge in [0.25, 0.3) is 0 Å². The van der Waals surface area contributed by atoms with Crippen LogP contribution >= 0.6 is 24.0 Å². The molecule has 25 heavy (non-hydrogen) atoms. The molecule has 1 aromatic heterocycles. The summed E-state index contributed by atoms with van der Waals surface area (Å²) in [5.41, 5.74) is 1.57. The second-order valence-corrected chi connectivity index (χ2v) is 5.40. The summed E-state index contributed by atoms with van der Waals surface area (Å²) in [7, 11) is 3.38. The van der Waals surface area contributed by atoms with Crippen LogP contribution in [0.2, 0.25) is 0 Å². The number of nitrogens with zero attached hydrogens (tertiary/aromatic N) is 2. The highest BCUT2D eigenvalue weighted by Gasteiger charge is 2.08. The summed E-state index contributed by atoms with van der Waals surface area (Å²) < 4.78 is 23.5. The van der Waals surface area contributed by atoms with E-state index in [-0.39, 0.29) is 35.8 Å². The molecular weight excluding hydrogens is 438 g/mol. The van der Waals surface area contributed by atoms with E-state index in [0.717, 1.165) is 11.3 Å². The monoisotopic (exact) mass is 462 g/mol. The second kappa shape index (κ2) is 11.0. The number of ether oxygens (including phenoxy) is 1. The van der Waals surface area contributed by atoms with Crippen molar-refractivity contribution < 1.29 is 13.5 Å². The third kappa shape index (κ3) is 6.99. The third-order valence-corrected chi connectivity index (χ3v) is 3.34. The first kappa shape index (κ1) is 21.4. The second-order valence-electron chi connectivity index (χ2n) is 5.40. The van der Waals surface area contributed by atoms with Crippen molar-refractivity contribution in [1.82, 2.24) is 15.6 Å². The van der Waals surface area contributed by atoms with Gasteiger partial charge in [-0.1, -0.05) is 0 Å². The van der Waals surface area contributed by atoms with Crippen LogP contribution in [0.3, 0.4) is 0 Å². The highest BCUT2D eigenvalue weighted by Crippen LogP contribution is 2.18. The molecule has 0 aliphatic rings. The number of rotatable bonds is 7. The largest absolute Gasteiger partial charge is 0.444 e. The highest BCUT2D eigenvalue weighted by atomic mass is 127. The van der Waals surface area contributed by atoms with Gasteiger partial charge in [0.1, 0.15) is 12.1 Å². The van der Waals surface area contributed by atoms with Crippen LogP contribution in [-0.2, 0) is 11.2 Å². The van der Waals surface area contributed by atoms with Crippen LogP contribution in [0.1, 0.15) is 12.6 Å². The number of hydrogen-bond donors (Lipinski definition) is 2. The predicted molar refractivity (Wildman–Crippen MR) is 107 cm³/mol. The Bertz CT molecular complexity index is 661. The van der Waals surface area contributed by atoms with Crippen molar-refractivity contribution in [2.75, 3.05) is 27.3 Å². The first-order valence-electron chi connectivity index (χ1n) is 7.79. The fourth-order valence-corrected chi connectivity index (χ4v) is 2.18. The lowest BCUT2D eigenvalue weighted by molar-refractivity contribution is 0.179. The highest BCUT2D eigenvalue weighted by molar-refractivity contribution is 14.0. The van der Waals surface area contributed by atoms with E-state index in [4.69, 9.17) is 9.15 Å². The van der Waals surface area contributed by atoms with Crippen LogP contribution in [0, 0.1) is 5.82 Å². The molecule has 8 heteroatoms. The summed E-state index contributed by atoms with van der Waals surface area (Å²) in [6, 6.07) is 6.23. The number of nitrogens with one attached hydrogen (secondary N) is 2. The van der Waals surface area contributed by atoms with E-state index < -0.39 is 0 Å². The molecular formula is C17H24FIN4O2. The molecule has 0 saturated carbocycles. The third-order valence-electron chi connectivity index (χ3n) is 3.34. The molecule has 0 aliphatic heterocycles. The maximum absolute atomic E-state index is 12.9. The molecule has 0 fully saturated rings. The average molecular weight is 462 g/mol. The number of methoxy groups -OCH3 is 1. The standard InChI is InChI=1S/C17H23FN4O2.HI/c1-12(10-23-3)21-17(19-2)20-9-8-15-11-24-16(22-15)13-4-6-14(18)7-5-13;/h4-7,11-12H,8-10H2,1-3H3,(H2,19,20,21);1H. The van der Waals surface area contributed by atoms with Crippen LogP contribution in [-0.4, -0.2) is 44.3 Å². The molecule has 0 amide bonds. The lowest BCUT2D eigenvalue weighted by Crippen LogP contribution is -2.44. The number of hydrogen-bond acceptors (Lipinski definition) is 4. The molecule has 1 heterocycles. The van der Waals surface area contributed by atoms with E-state index in [0.29, 0.717) is 31.4 Å². The predicted octanol–water partition coefficient (Wildman–Crippen LogP) is 2.84.